The summed E-state index contributed by atoms with van der Waals surface area (Å²) < 4.78 is 0. The Bertz CT molecular complexity index is 309. The van der Waals surface area contributed by atoms with E-state index in [4.69, 9.17) is 0 Å². The molecule has 0 spiro atoms. The van der Waals surface area contributed by atoms with Gasteiger partial charge < -0.3 is 5.32 Å². The zero-order chi connectivity index (χ0) is 9.10. The van der Waals surface area contributed by atoms with Crippen LogP contribution in [0.25, 0.3) is 0 Å². The molecule has 1 aliphatic rings. The monoisotopic (exact) mass is 174 g/mol. The average Bonchev–Trinajstić information content (AvgIpc) is 2.19. The van der Waals surface area contributed by atoms with Gasteiger partial charge in [0.15, 0.2) is 6.29 Å². The molecule has 2 heteroatoms. The van der Waals surface area contributed by atoms with E-state index in [1.807, 2.05) is 18.4 Å². The summed E-state index contributed by atoms with van der Waals surface area (Å²) in [5.41, 5.74) is 2.44. The van der Waals surface area contributed by atoms with Crippen molar-refractivity contribution in [2.45, 2.75) is 18.8 Å². The topological polar surface area (TPSA) is 29.1 Å². The van der Waals surface area contributed by atoms with Crippen molar-refractivity contribution >= 4 is 12.0 Å². The minimum absolute atomic E-state index is 0.370. The van der Waals surface area contributed by atoms with Gasteiger partial charge in [-0.1, -0.05) is 18.2 Å². The fourth-order valence-corrected chi connectivity index (χ4v) is 1.86. The van der Waals surface area contributed by atoms with E-state index in [1.54, 1.807) is 0 Å². The molecule has 2 nitrogen and oxygen atoms in total. The van der Waals surface area contributed by atoms with E-state index in [0.717, 1.165) is 13.0 Å². The highest BCUT2D eigenvalue weighted by atomic mass is 16.1. The first-order valence-electron chi connectivity index (χ1n) is 4.59. The second-order valence-corrected chi connectivity index (χ2v) is 3.35. The summed E-state index contributed by atoms with van der Waals surface area (Å²) in [7, 11) is 0. The molecular weight excluding hydrogens is 162 g/mol. The van der Waals surface area contributed by atoms with E-state index in [0.29, 0.717) is 12.3 Å². The van der Waals surface area contributed by atoms with E-state index in [2.05, 4.69) is 17.4 Å². The Hall–Kier alpha value is -1.31. The normalized spacial score (nSPS) is 20.2. The molecule has 1 radical (unpaired) electrons. The molecular formula is C11H12NO. The first-order valence-corrected chi connectivity index (χ1v) is 4.59. The van der Waals surface area contributed by atoms with Gasteiger partial charge in [-0.3, -0.25) is 4.79 Å². The van der Waals surface area contributed by atoms with Gasteiger partial charge in [-0.25, -0.2) is 0 Å². The van der Waals surface area contributed by atoms with Gasteiger partial charge in [0.05, 0.1) is 0 Å². The predicted molar refractivity (Wildman–Crippen MR) is 52.6 cm³/mol. The molecule has 0 aliphatic carbocycles. The zero-order valence-corrected chi connectivity index (χ0v) is 7.42. The Balaban J connectivity index is 2.31. The van der Waals surface area contributed by atoms with Gasteiger partial charge in [0.1, 0.15) is 0 Å². The van der Waals surface area contributed by atoms with Gasteiger partial charge in [0, 0.05) is 18.7 Å². The third-order valence-electron chi connectivity index (χ3n) is 2.54. The largest absolute Gasteiger partial charge is 0.385 e. The van der Waals surface area contributed by atoms with E-state index in [1.165, 1.54) is 11.3 Å². The second-order valence-electron chi connectivity index (χ2n) is 3.35. The van der Waals surface area contributed by atoms with Crippen molar-refractivity contribution in [3.63, 3.8) is 0 Å². The van der Waals surface area contributed by atoms with Crippen molar-refractivity contribution < 1.29 is 4.79 Å². The van der Waals surface area contributed by atoms with Gasteiger partial charge in [-0.2, -0.15) is 0 Å². The van der Waals surface area contributed by atoms with Crippen molar-refractivity contribution in [3.05, 3.63) is 29.8 Å². The van der Waals surface area contributed by atoms with Crippen LogP contribution in [-0.4, -0.2) is 12.8 Å². The summed E-state index contributed by atoms with van der Waals surface area (Å²) in [6, 6.07) is 8.18. The number of hydrogen-bond acceptors (Lipinski definition) is 2. The smallest absolute Gasteiger partial charge is 0.199 e. The molecule has 1 N–H and O–H groups in total. The SMILES string of the molecule is O=[C]CC1CCNc2ccccc21. The Labute approximate surface area is 78.0 Å². The number of fused-ring (bicyclic) bond motifs is 1. The average molecular weight is 174 g/mol. The van der Waals surface area contributed by atoms with Crippen LogP contribution in [0.3, 0.4) is 0 Å². The molecule has 0 saturated heterocycles. The van der Waals surface area contributed by atoms with Crippen molar-refractivity contribution in [1.29, 1.82) is 0 Å². The number of benzene rings is 1. The fraction of sp³-hybridized carbons (Fsp3) is 0.364. The fourth-order valence-electron chi connectivity index (χ4n) is 1.86. The van der Waals surface area contributed by atoms with Gasteiger partial charge in [0.25, 0.3) is 0 Å². The van der Waals surface area contributed by atoms with Crippen molar-refractivity contribution in [3.8, 4) is 0 Å². The summed E-state index contributed by atoms with van der Waals surface area (Å²) in [4.78, 5) is 10.3. The van der Waals surface area contributed by atoms with Crippen LogP contribution >= 0.6 is 0 Å². The first kappa shape index (κ1) is 8.30. The molecule has 1 unspecified atom stereocenters. The van der Waals surface area contributed by atoms with Crippen LogP contribution in [0.1, 0.15) is 24.3 Å². The van der Waals surface area contributed by atoms with Gasteiger partial charge >= 0.3 is 0 Å². The standard InChI is InChI=1S/C11H12NO/c13-8-6-9-5-7-12-11-4-2-1-3-10(9)11/h1-4,9,12H,5-7H2. The molecule has 0 bridgehead atoms. The lowest BCUT2D eigenvalue weighted by molar-refractivity contribution is 0.535. The molecule has 13 heavy (non-hydrogen) atoms. The summed E-state index contributed by atoms with van der Waals surface area (Å²) in [6.07, 6.45) is 3.56. The number of rotatable bonds is 2. The number of para-hydroxylation sites is 1. The molecule has 0 saturated carbocycles. The number of anilines is 1. The molecule has 0 amide bonds. The Kier molecular flexibility index (Phi) is 2.30. The van der Waals surface area contributed by atoms with Gasteiger partial charge in [-0.05, 0) is 24.0 Å². The van der Waals surface area contributed by atoms with Gasteiger partial charge in [0.2, 0.25) is 0 Å². The van der Waals surface area contributed by atoms with E-state index < -0.39 is 0 Å². The lowest BCUT2D eigenvalue weighted by atomic mass is 9.89. The van der Waals surface area contributed by atoms with Gasteiger partial charge in [-0.15, -0.1) is 0 Å². The molecule has 1 aromatic carbocycles. The van der Waals surface area contributed by atoms with Crippen LogP contribution in [-0.2, 0) is 4.79 Å². The Morgan fingerprint density at radius 3 is 3.15 bits per heavy atom. The molecule has 0 fully saturated rings. The second kappa shape index (κ2) is 3.60. The van der Waals surface area contributed by atoms with Crippen LogP contribution < -0.4 is 5.32 Å². The number of nitrogens with one attached hydrogen (secondary N) is 1. The Morgan fingerprint density at radius 1 is 1.46 bits per heavy atom. The van der Waals surface area contributed by atoms with Crippen LogP contribution in [0, 0.1) is 0 Å². The summed E-state index contributed by atoms with van der Waals surface area (Å²) >= 11 is 0. The van der Waals surface area contributed by atoms with Crippen molar-refractivity contribution in [2.24, 2.45) is 0 Å². The molecule has 1 aromatic rings. The van der Waals surface area contributed by atoms with Crippen LogP contribution in [0.2, 0.25) is 0 Å². The third-order valence-corrected chi connectivity index (χ3v) is 2.54. The number of carbonyl (C=O) groups excluding carboxylic acids is 1. The maximum Gasteiger partial charge on any atom is 0.199 e. The lowest BCUT2D eigenvalue weighted by Crippen LogP contribution is -2.16. The van der Waals surface area contributed by atoms with Crippen LogP contribution in [0.15, 0.2) is 24.3 Å². The Morgan fingerprint density at radius 2 is 2.31 bits per heavy atom. The third kappa shape index (κ3) is 1.57. The van der Waals surface area contributed by atoms with Crippen LogP contribution in [0.5, 0.6) is 0 Å². The highest BCUT2D eigenvalue weighted by Gasteiger charge is 2.18. The summed E-state index contributed by atoms with van der Waals surface area (Å²) in [6.45, 7) is 0.962. The van der Waals surface area contributed by atoms with E-state index >= 15 is 0 Å². The van der Waals surface area contributed by atoms with Crippen molar-refractivity contribution in [1.82, 2.24) is 0 Å². The number of hydrogen-bond donors (Lipinski definition) is 1. The molecule has 0 aromatic heterocycles. The predicted octanol–water partition coefficient (Wildman–Crippen LogP) is 2.09. The molecule has 1 heterocycles. The minimum atomic E-state index is 0.370. The molecule has 67 valence electrons. The highest BCUT2D eigenvalue weighted by Crippen LogP contribution is 2.32. The highest BCUT2D eigenvalue weighted by molar-refractivity contribution is 5.59. The maximum atomic E-state index is 10.3. The summed E-state index contributed by atoms with van der Waals surface area (Å²) in [5.74, 6) is 0.370. The molecule has 1 atom stereocenters. The maximum absolute atomic E-state index is 10.3. The van der Waals surface area contributed by atoms with Crippen molar-refractivity contribution in [2.75, 3.05) is 11.9 Å². The first-order chi connectivity index (χ1) is 6.42. The minimum Gasteiger partial charge on any atom is -0.385 e. The van der Waals surface area contributed by atoms with Crippen LogP contribution in [0.4, 0.5) is 5.69 Å². The lowest BCUT2D eigenvalue weighted by Gasteiger charge is -2.24. The van der Waals surface area contributed by atoms with E-state index in [9.17, 15) is 4.79 Å². The summed E-state index contributed by atoms with van der Waals surface area (Å²) in [5, 5.41) is 3.32. The quantitative estimate of drug-likeness (QED) is 0.743. The van der Waals surface area contributed by atoms with E-state index in [-0.39, 0.29) is 0 Å². The zero-order valence-electron chi connectivity index (χ0n) is 7.42. The molecule has 2 rings (SSSR count). The molecule has 1 aliphatic heterocycles.